The van der Waals surface area contributed by atoms with Crippen molar-refractivity contribution >= 4 is 21.7 Å². The molecule has 9 heavy (non-hydrogen) atoms. The Hall–Kier alpha value is 0.630. The van der Waals surface area contributed by atoms with Gasteiger partial charge in [-0.15, -0.1) is 0 Å². The Morgan fingerprint density at radius 3 is 2.11 bits per heavy atom. The van der Waals surface area contributed by atoms with Gasteiger partial charge < -0.3 is 4.89 Å². The Kier molecular flexibility index (Phi) is 2.32. The average Bonchev–Trinajstić information content (AvgIpc) is 2.08. The first-order valence-corrected chi connectivity index (χ1v) is 6.52. The summed E-state index contributed by atoms with van der Waals surface area (Å²) in [5, 5.41) is 0. The summed E-state index contributed by atoms with van der Waals surface area (Å²) in [7, 11) is 0. The summed E-state index contributed by atoms with van der Waals surface area (Å²) in [5.74, 6) is 0. The van der Waals surface area contributed by atoms with Crippen molar-refractivity contribution in [3.8, 4) is 0 Å². The first kappa shape index (κ1) is 7.73. The molecule has 1 aliphatic rings. The highest BCUT2D eigenvalue weighted by Gasteiger charge is 2.26. The van der Waals surface area contributed by atoms with Crippen LogP contribution in [0.2, 0.25) is 0 Å². The smallest absolute Gasteiger partial charge is 0.325 e. The first-order chi connectivity index (χ1) is 4.11. The maximum Gasteiger partial charge on any atom is 0.334 e. The lowest BCUT2D eigenvalue weighted by molar-refractivity contribution is 0.406. The predicted octanol–water partition coefficient (Wildman–Crippen LogP) is 1.58. The van der Waals surface area contributed by atoms with E-state index in [1.54, 1.807) is 4.67 Å². The van der Waals surface area contributed by atoms with Gasteiger partial charge in [0.1, 0.15) is 0 Å². The Labute approximate surface area is 62.3 Å². The van der Waals surface area contributed by atoms with E-state index in [0.29, 0.717) is 0 Å². The fourth-order valence-electron chi connectivity index (χ4n) is 0.947. The molecule has 54 valence electrons. The number of nitrogens with zero attached hydrogens (tertiary/aromatic N) is 1. The molecule has 0 aromatic rings. The first-order valence-electron chi connectivity index (χ1n) is 2.88. The Morgan fingerprint density at radius 1 is 1.44 bits per heavy atom. The zero-order chi connectivity index (χ0) is 6.91. The van der Waals surface area contributed by atoms with E-state index in [2.05, 4.69) is 15.5 Å². The van der Waals surface area contributed by atoms with Crippen molar-refractivity contribution in [2.75, 3.05) is 13.1 Å². The third-order valence-corrected chi connectivity index (χ3v) is 3.87. The van der Waals surface area contributed by atoms with Crippen LogP contribution in [0.4, 0.5) is 0 Å². The molecule has 1 atom stereocenters. The van der Waals surface area contributed by atoms with Crippen LogP contribution >= 0.6 is 21.7 Å². The molecule has 0 saturated carbocycles. The fraction of sp³-hybridized carbons (Fsp3) is 1.00. The average molecular weight is 214 g/mol. The molecule has 0 aliphatic carbocycles. The second-order valence-corrected chi connectivity index (χ2v) is 6.42. The molecule has 0 aromatic heterocycles. The largest absolute Gasteiger partial charge is 0.334 e. The van der Waals surface area contributed by atoms with Gasteiger partial charge in [-0.05, 0) is 12.8 Å². The monoisotopic (exact) mass is 213 g/mol. The van der Waals surface area contributed by atoms with Crippen LogP contribution < -0.4 is 0 Å². The molecule has 1 aliphatic heterocycles. The van der Waals surface area contributed by atoms with Gasteiger partial charge in [-0.3, -0.25) is 4.57 Å². The molecular formula is C4H9BrNO2P. The summed E-state index contributed by atoms with van der Waals surface area (Å²) >= 11 is 2.74. The van der Waals surface area contributed by atoms with Crippen molar-refractivity contribution in [2.45, 2.75) is 12.8 Å². The topological polar surface area (TPSA) is 40.5 Å². The molecule has 1 N–H and O–H groups in total. The van der Waals surface area contributed by atoms with Crippen molar-refractivity contribution in [1.29, 1.82) is 0 Å². The van der Waals surface area contributed by atoms with Crippen LogP contribution in [0.1, 0.15) is 12.8 Å². The molecule has 1 fully saturated rings. The van der Waals surface area contributed by atoms with E-state index in [0.717, 1.165) is 25.9 Å². The zero-order valence-corrected chi connectivity index (χ0v) is 7.44. The second kappa shape index (κ2) is 2.70. The lowest BCUT2D eigenvalue weighted by atomic mass is 10.4. The molecule has 0 bridgehead atoms. The van der Waals surface area contributed by atoms with E-state index in [9.17, 15) is 4.57 Å². The maximum absolute atomic E-state index is 10.8. The number of rotatable bonds is 1. The van der Waals surface area contributed by atoms with Crippen LogP contribution in [0.3, 0.4) is 0 Å². The van der Waals surface area contributed by atoms with Crippen molar-refractivity contribution < 1.29 is 9.46 Å². The number of hydrogen-bond donors (Lipinski definition) is 1. The molecule has 1 heterocycles. The van der Waals surface area contributed by atoms with Crippen LogP contribution in [0.25, 0.3) is 0 Å². The van der Waals surface area contributed by atoms with Crippen LogP contribution in [0, 0.1) is 0 Å². The second-order valence-electron chi connectivity index (χ2n) is 2.13. The van der Waals surface area contributed by atoms with Gasteiger partial charge in [0, 0.05) is 28.6 Å². The van der Waals surface area contributed by atoms with Crippen LogP contribution in [-0.2, 0) is 4.57 Å². The van der Waals surface area contributed by atoms with Gasteiger partial charge in [-0.25, -0.2) is 4.67 Å². The van der Waals surface area contributed by atoms with Crippen LogP contribution in [0.15, 0.2) is 0 Å². The highest BCUT2D eigenvalue weighted by Crippen LogP contribution is 2.54. The van der Waals surface area contributed by atoms with Gasteiger partial charge >= 0.3 is 6.22 Å². The maximum atomic E-state index is 10.8. The third-order valence-electron chi connectivity index (χ3n) is 1.43. The molecule has 1 saturated heterocycles. The molecule has 0 spiro atoms. The molecule has 5 heteroatoms. The Morgan fingerprint density at radius 2 is 1.89 bits per heavy atom. The SMILES string of the molecule is O=P(O)(Br)N1CCCC1. The third kappa shape index (κ3) is 2.04. The zero-order valence-electron chi connectivity index (χ0n) is 4.96. The van der Waals surface area contributed by atoms with E-state index in [4.69, 9.17) is 4.89 Å². The Balaban J connectivity index is 2.52. The molecule has 1 rings (SSSR count). The van der Waals surface area contributed by atoms with Gasteiger partial charge in [0.15, 0.2) is 0 Å². The molecule has 0 amide bonds. The van der Waals surface area contributed by atoms with Crippen molar-refractivity contribution in [2.24, 2.45) is 0 Å². The minimum absolute atomic E-state index is 0.749. The Bertz CT molecular complexity index is 140. The summed E-state index contributed by atoms with van der Waals surface area (Å²) in [6.07, 6.45) is -0.992. The predicted molar refractivity (Wildman–Crippen MR) is 39.6 cm³/mol. The van der Waals surface area contributed by atoms with Crippen molar-refractivity contribution in [3.63, 3.8) is 0 Å². The molecule has 1 unspecified atom stereocenters. The van der Waals surface area contributed by atoms with Crippen LogP contribution in [0.5, 0.6) is 0 Å². The molecule has 0 radical (unpaired) electrons. The summed E-state index contributed by atoms with van der Waals surface area (Å²) in [6, 6.07) is 0. The normalized spacial score (nSPS) is 28.2. The van der Waals surface area contributed by atoms with E-state index in [-0.39, 0.29) is 0 Å². The van der Waals surface area contributed by atoms with E-state index in [1.807, 2.05) is 0 Å². The van der Waals surface area contributed by atoms with Crippen molar-refractivity contribution in [1.82, 2.24) is 4.67 Å². The lowest BCUT2D eigenvalue weighted by Gasteiger charge is -2.14. The van der Waals surface area contributed by atoms with Crippen molar-refractivity contribution in [3.05, 3.63) is 0 Å². The van der Waals surface area contributed by atoms with E-state index < -0.39 is 6.22 Å². The minimum atomic E-state index is -3.07. The summed E-state index contributed by atoms with van der Waals surface area (Å²) < 4.78 is 12.4. The number of halogens is 1. The lowest BCUT2D eigenvalue weighted by Crippen LogP contribution is -2.11. The minimum Gasteiger partial charge on any atom is -0.325 e. The van der Waals surface area contributed by atoms with Gasteiger partial charge in [0.05, 0.1) is 0 Å². The van der Waals surface area contributed by atoms with Crippen LogP contribution in [-0.4, -0.2) is 22.7 Å². The highest BCUT2D eigenvalue weighted by atomic mass is 79.9. The van der Waals surface area contributed by atoms with Gasteiger partial charge in [-0.2, -0.15) is 0 Å². The summed E-state index contributed by atoms with van der Waals surface area (Å²) in [5.41, 5.74) is 0. The number of hydrogen-bond acceptors (Lipinski definition) is 1. The van der Waals surface area contributed by atoms with E-state index >= 15 is 0 Å². The van der Waals surface area contributed by atoms with Gasteiger partial charge in [-0.1, -0.05) is 0 Å². The molecule has 3 nitrogen and oxygen atoms in total. The molecular weight excluding hydrogens is 205 g/mol. The van der Waals surface area contributed by atoms with Gasteiger partial charge in [0.25, 0.3) is 0 Å². The van der Waals surface area contributed by atoms with Gasteiger partial charge in [0.2, 0.25) is 0 Å². The van der Waals surface area contributed by atoms with E-state index in [1.165, 1.54) is 0 Å². The molecule has 0 aromatic carbocycles. The summed E-state index contributed by atoms with van der Waals surface area (Å²) in [6.45, 7) is 1.50. The summed E-state index contributed by atoms with van der Waals surface area (Å²) in [4.78, 5) is 8.92. The quantitative estimate of drug-likeness (QED) is 0.673. The fourth-order valence-corrected chi connectivity index (χ4v) is 2.67. The standard InChI is InChI=1S/C4H9BrNO2P/c5-9(7,8)6-3-1-2-4-6/h1-4H2,(H,7,8). The highest BCUT2D eigenvalue weighted by molar-refractivity contribution is 9.39.